The predicted octanol–water partition coefficient (Wildman–Crippen LogP) is 2.13. The molecule has 0 aromatic heterocycles. The van der Waals surface area contributed by atoms with E-state index in [2.05, 4.69) is 0 Å². The molecule has 0 spiro atoms. The number of ether oxygens (including phenoxy) is 1. The lowest BCUT2D eigenvalue weighted by atomic mass is 10.2. The first-order chi connectivity index (χ1) is 7.95. The molecule has 1 unspecified atom stereocenters. The summed E-state index contributed by atoms with van der Waals surface area (Å²) in [6.45, 7) is 4.09. The molecule has 0 aliphatic heterocycles. The van der Waals surface area contributed by atoms with Gasteiger partial charge in [0.2, 0.25) is 0 Å². The van der Waals surface area contributed by atoms with Crippen LogP contribution in [-0.4, -0.2) is 28.2 Å². The van der Waals surface area contributed by atoms with E-state index < -0.39 is 10.1 Å². The first-order valence-corrected chi connectivity index (χ1v) is 6.85. The van der Waals surface area contributed by atoms with Gasteiger partial charge in [0.05, 0.1) is 11.0 Å². The van der Waals surface area contributed by atoms with Crippen molar-refractivity contribution in [3.8, 4) is 0 Å². The van der Waals surface area contributed by atoms with Crippen LogP contribution in [0.4, 0.5) is 0 Å². The molecule has 5 heteroatoms. The van der Waals surface area contributed by atoms with Crippen LogP contribution in [0.15, 0.2) is 29.2 Å². The molecule has 0 saturated heterocycles. The van der Waals surface area contributed by atoms with Crippen LogP contribution in [0.2, 0.25) is 0 Å². The van der Waals surface area contributed by atoms with Crippen molar-refractivity contribution in [1.29, 1.82) is 0 Å². The highest BCUT2D eigenvalue weighted by Crippen LogP contribution is 2.16. The highest BCUT2D eigenvalue weighted by atomic mass is 32.2. The fourth-order valence-corrected chi connectivity index (χ4v) is 2.42. The average Bonchev–Trinajstić information content (AvgIpc) is 2.26. The van der Waals surface area contributed by atoms with Crippen molar-refractivity contribution in [3.05, 3.63) is 29.8 Å². The summed E-state index contributed by atoms with van der Waals surface area (Å²) < 4.78 is 33.6. The average molecular weight is 258 g/mol. The molecule has 1 aromatic carbocycles. The fourth-order valence-electron chi connectivity index (χ4n) is 1.31. The largest absolute Gasteiger partial charge is 0.385 e. The Balaban J connectivity index is 2.71. The van der Waals surface area contributed by atoms with Gasteiger partial charge in [0.1, 0.15) is 0 Å². The first kappa shape index (κ1) is 14.2. The molecule has 0 saturated carbocycles. The Morgan fingerprint density at radius 2 is 1.82 bits per heavy atom. The minimum Gasteiger partial charge on any atom is -0.385 e. The lowest BCUT2D eigenvalue weighted by Gasteiger charge is -2.12. The standard InChI is InChI=1S/C12H18O4S/c1-10-4-6-12(7-5-10)17(13,14)16-11(2)8-9-15-3/h4-7,11H,8-9H2,1-3H3. The minimum absolute atomic E-state index is 0.187. The maximum absolute atomic E-state index is 11.9. The molecule has 0 heterocycles. The van der Waals surface area contributed by atoms with E-state index in [1.54, 1.807) is 38.3 Å². The molecule has 0 aliphatic rings. The summed E-state index contributed by atoms with van der Waals surface area (Å²) >= 11 is 0. The second-order valence-corrected chi connectivity index (χ2v) is 5.53. The van der Waals surface area contributed by atoms with Gasteiger partial charge in [0.25, 0.3) is 10.1 Å². The molecule has 0 bridgehead atoms. The quantitative estimate of drug-likeness (QED) is 0.733. The molecule has 96 valence electrons. The van der Waals surface area contributed by atoms with Gasteiger partial charge in [-0.2, -0.15) is 8.42 Å². The molecule has 1 aromatic rings. The van der Waals surface area contributed by atoms with Crippen LogP contribution in [0.1, 0.15) is 18.9 Å². The third-order valence-corrected chi connectivity index (χ3v) is 3.76. The van der Waals surface area contributed by atoms with Crippen LogP contribution < -0.4 is 0 Å². The van der Waals surface area contributed by atoms with Gasteiger partial charge in [-0.15, -0.1) is 0 Å². The van der Waals surface area contributed by atoms with Gasteiger partial charge >= 0.3 is 0 Å². The van der Waals surface area contributed by atoms with Crippen molar-refractivity contribution in [1.82, 2.24) is 0 Å². The highest BCUT2D eigenvalue weighted by molar-refractivity contribution is 7.86. The van der Waals surface area contributed by atoms with Gasteiger partial charge in [0, 0.05) is 13.7 Å². The minimum atomic E-state index is -3.66. The van der Waals surface area contributed by atoms with Crippen molar-refractivity contribution in [2.75, 3.05) is 13.7 Å². The number of aryl methyl sites for hydroxylation is 1. The second kappa shape index (κ2) is 6.14. The number of rotatable bonds is 6. The van der Waals surface area contributed by atoms with Crippen molar-refractivity contribution in [2.45, 2.75) is 31.3 Å². The molecule has 0 fully saturated rings. The molecule has 1 atom stereocenters. The first-order valence-electron chi connectivity index (χ1n) is 5.44. The van der Waals surface area contributed by atoms with E-state index in [0.717, 1.165) is 5.56 Å². The summed E-state index contributed by atoms with van der Waals surface area (Å²) in [5.41, 5.74) is 1.01. The summed E-state index contributed by atoms with van der Waals surface area (Å²) in [6, 6.07) is 6.59. The smallest absolute Gasteiger partial charge is 0.297 e. The zero-order valence-corrected chi connectivity index (χ0v) is 11.2. The van der Waals surface area contributed by atoms with Crippen molar-refractivity contribution >= 4 is 10.1 Å². The maximum atomic E-state index is 11.9. The topological polar surface area (TPSA) is 52.6 Å². The zero-order chi connectivity index (χ0) is 12.9. The van der Waals surface area contributed by atoms with Gasteiger partial charge in [-0.3, -0.25) is 4.18 Å². The molecule has 1 rings (SSSR count). The van der Waals surface area contributed by atoms with E-state index in [0.29, 0.717) is 13.0 Å². The van der Waals surface area contributed by atoms with Crippen molar-refractivity contribution < 1.29 is 17.3 Å². The number of hydrogen-bond acceptors (Lipinski definition) is 4. The number of benzene rings is 1. The Bertz CT molecular complexity index is 436. The Morgan fingerprint density at radius 1 is 1.24 bits per heavy atom. The van der Waals surface area contributed by atoms with Gasteiger partial charge in [-0.05, 0) is 32.4 Å². The second-order valence-electron chi connectivity index (χ2n) is 3.96. The molecular weight excluding hydrogens is 240 g/mol. The number of methoxy groups -OCH3 is 1. The van der Waals surface area contributed by atoms with Crippen LogP contribution in [0.3, 0.4) is 0 Å². The van der Waals surface area contributed by atoms with Crippen molar-refractivity contribution in [2.24, 2.45) is 0 Å². The summed E-state index contributed by atoms with van der Waals surface area (Å²) in [6.07, 6.45) is 0.156. The van der Waals surface area contributed by atoms with Crippen LogP contribution in [-0.2, 0) is 19.0 Å². The van der Waals surface area contributed by atoms with Gasteiger partial charge in [0.15, 0.2) is 0 Å². The molecule has 0 amide bonds. The zero-order valence-electron chi connectivity index (χ0n) is 10.3. The highest BCUT2D eigenvalue weighted by Gasteiger charge is 2.18. The van der Waals surface area contributed by atoms with E-state index in [4.69, 9.17) is 8.92 Å². The van der Waals surface area contributed by atoms with E-state index in [1.807, 2.05) is 6.92 Å². The van der Waals surface area contributed by atoms with E-state index in [1.165, 1.54) is 0 Å². The molecule has 4 nitrogen and oxygen atoms in total. The lowest BCUT2D eigenvalue weighted by molar-refractivity contribution is 0.139. The lowest BCUT2D eigenvalue weighted by Crippen LogP contribution is -2.17. The summed E-state index contributed by atoms with van der Waals surface area (Å²) in [7, 11) is -2.09. The molecular formula is C12H18O4S. The van der Waals surface area contributed by atoms with Crippen LogP contribution >= 0.6 is 0 Å². The third kappa shape index (κ3) is 4.46. The van der Waals surface area contributed by atoms with Crippen LogP contribution in [0.25, 0.3) is 0 Å². The summed E-state index contributed by atoms with van der Waals surface area (Å²) in [5.74, 6) is 0. The van der Waals surface area contributed by atoms with Gasteiger partial charge in [-0.1, -0.05) is 17.7 Å². The Hall–Kier alpha value is -0.910. The Morgan fingerprint density at radius 3 is 2.35 bits per heavy atom. The van der Waals surface area contributed by atoms with E-state index in [-0.39, 0.29) is 11.0 Å². The van der Waals surface area contributed by atoms with Gasteiger partial charge < -0.3 is 4.74 Å². The van der Waals surface area contributed by atoms with Crippen LogP contribution in [0, 0.1) is 6.92 Å². The molecule has 17 heavy (non-hydrogen) atoms. The fraction of sp³-hybridized carbons (Fsp3) is 0.500. The SMILES string of the molecule is COCCC(C)OS(=O)(=O)c1ccc(C)cc1. The van der Waals surface area contributed by atoms with Crippen molar-refractivity contribution in [3.63, 3.8) is 0 Å². The molecule has 0 radical (unpaired) electrons. The molecule has 0 N–H and O–H groups in total. The normalized spacial score (nSPS) is 13.6. The summed E-state index contributed by atoms with van der Waals surface area (Å²) in [5, 5.41) is 0. The molecule has 0 aliphatic carbocycles. The van der Waals surface area contributed by atoms with Gasteiger partial charge in [-0.25, -0.2) is 0 Å². The Labute approximate surface area is 103 Å². The van der Waals surface area contributed by atoms with Crippen LogP contribution in [0.5, 0.6) is 0 Å². The predicted molar refractivity (Wildman–Crippen MR) is 65.4 cm³/mol. The Kier molecular flexibility index (Phi) is 5.11. The number of hydrogen-bond donors (Lipinski definition) is 0. The maximum Gasteiger partial charge on any atom is 0.297 e. The third-order valence-electron chi connectivity index (χ3n) is 2.33. The van der Waals surface area contributed by atoms with E-state index >= 15 is 0 Å². The summed E-state index contributed by atoms with van der Waals surface area (Å²) in [4.78, 5) is 0.187. The van der Waals surface area contributed by atoms with E-state index in [9.17, 15) is 8.42 Å². The monoisotopic (exact) mass is 258 g/mol.